The third-order valence-electron chi connectivity index (χ3n) is 11.3. The largest absolute Gasteiger partial charge is 0.416 e. The number of amides is 1. The number of carbonyl (C=O) groups is 1. The van der Waals surface area contributed by atoms with E-state index in [2.05, 4.69) is 36.9 Å². The van der Waals surface area contributed by atoms with Gasteiger partial charge in [0.05, 0.1) is 0 Å². The van der Waals surface area contributed by atoms with Crippen LogP contribution in [0.25, 0.3) is 0 Å². The highest BCUT2D eigenvalue weighted by Crippen LogP contribution is 2.68. The van der Waals surface area contributed by atoms with E-state index in [9.17, 15) is 4.79 Å². The van der Waals surface area contributed by atoms with E-state index in [0.717, 1.165) is 42.6 Å². The summed E-state index contributed by atoms with van der Waals surface area (Å²) in [6.45, 7) is 6.36. The molecule has 5 heteroatoms. The molecule has 6 rings (SSSR count). The van der Waals surface area contributed by atoms with Gasteiger partial charge in [-0.05, 0) is 106 Å². The fraction of sp³-hybridized carbons (Fsp3) is 0.724. The van der Waals surface area contributed by atoms with Crippen LogP contribution in [0.4, 0.5) is 4.79 Å². The molecule has 4 aliphatic carbocycles. The van der Waals surface area contributed by atoms with Gasteiger partial charge in [-0.1, -0.05) is 24.6 Å². The second-order valence-electron chi connectivity index (χ2n) is 12.4. The molecular formula is C29H41N3O2. The molecule has 0 bridgehead atoms. The monoisotopic (exact) mass is 463 g/mol. The molecule has 1 aliphatic heterocycles. The van der Waals surface area contributed by atoms with Crippen molar-refractivity contribution in [3.63, 3.8) is 0 Å². The van der Waals surface area contributed by atoms with Crippen LogP contribution in [0.2, 0.25) is 0 Å². The van der Waals surface area contributed by atoms with Crippen LogP contribution in [-0.4, -0.2) is 53.6 Å². The quantitative estimate of drug-likeness (QED) is 0.522. The standard InChI is InChI=1S/C29H41N3O2/c1-19-23-10-11-25-22-9-8-20-17-21(32(4)27(33)34-26-7-5-6-16-30-26)12-14-28(20,2)24(22)13-15-29(23,25)18-31(19)3/h5-8,16,19,21-25H,9-15,17-18H2,1-4H3/t19-,21-,22+,23+,24-,25-,28-,29?/m0/s1. The van der Waals surface area contributed by atoms with Crippen molar-refractivity contribution < 1.29 is 9.53 Å². The Balaban J connectivity index is 1.18. The summed E-state index contributed by atoms with van der Waals surface area (Å²) in [5, 5.41) is 0. The van der Waals surface area contributed by atoms with E-state index in [0.29, 0.717) is 16.7 Å². The van der Waals surface area contributed by atoms with Gasteiger partial charge in [0.1, 0.15) is 0 Å². The minimum Gasteiger partial charge on any atom is -0.391 e. The number of allylic oxidation sites excluding steroid dienone is 1. The molecule has 3 saturated carbocycles. The number of likely N-dealkylation sites (tertiary alicyclic amines) is 1. The maximum absolute atomic E-state index is 12.8. The number of nitrogens with zero attached hydrogens (tertiary/aromatic N) is 3. The van der Waals surface area contributed by atoms with Crippen molar-refractivity contribution >= 4 is 6.09 Å². The molecule has 0 aromatic carbocycles. The Kier molecular flexibility index (Phi) is 5.36. The number of fused-ring (bicyclic) bond motifs is 4. The van der Waals surface area contributed by atoms with Crippen molar-refractivity contribution in [3.8, 4) is 5.88 Å². The van der Waals surface area contributed by atoms with Gasteiger partial charge < -0.3 is 14.5 Å². The Hall–Kier alpha value is -1.88. The van der Waals surface area contributed by atoms with E-state index >= 15 is 0 Å². The summed E-state index contributed by atoms with van der Waals surface area (Å²) in [4.78, 5) is 21.4. The molecule has 34 heavy (non-hydrogen) atoms. The summed E-state index contributed by atoms with van der Waals surface area (Å²) in [6, 6.07) is 6.37. The maximum atomic E-state index is 12.8. The Morgan fingerprint density at radius 3 is 2.76 bits per heavy atom. The van der Waals surface area contributed by atoms with Crippen LogP contribution in [0.1, 0.15) is 65.2 Å². The molecule has 0 N–H and O–H groups in total. The highest BCUT2D eigenvalue weighted by Gasteiger charge is 2.64. The first-order chi connectivity index (χ1) is 16.3. The smallest absolute Gasteiger partial charge is 0.391 e. The number of hydrogen-bond donors (Lipinski definition) is 0. The first-order valence-electron chi connectivity index (χ1n) is 13.6. The number of pyridine rings is 1. The van der Waals surface area contributed by atoms with Crippen LogP contribution < -0.4 is 4.74 Å². The number of hydrogen-bond acceptors (Lipinski definition) is 4. The topological polar surface area (TPSA) is 45.7 Å². The van der Waals surface area contributed by atoms with Crippen molar-refractivity contribution in [1.82, 2.24) is 14.8 Å². The van der Waals surface area contributed by atoms with E-state index in [1.807, 2.05) is 24.1 Å². The van der Waals surface area contributed by atoms with Crippen molar-refractivity contribution in [2.45, 2.75) is 77.3 Å². The van der Waals surface area contributed by atoms with Crippen LogP contribution in [0.5, 0.6) is 5.88 Å². The predicted octanol–water partition coefficient (Wildman–Crippen LogP) is 5.77. The lowest BCUT2D eigenvalue weighted by Gasteiger charge is -2.58. The highest BCUT2D eigenvalue weighted by atomic mass is 16.6. The van der Waals surface area contributed by atoms with Gasteiger partial charge in [-0.3, -0.25) is 0 Å². The van der Waals surface area contributed by atoms with Crippen LogP contribution in [0.15, 0.2) is 36.0 Å². The van der Waals surface area contributed by atoms with Gasteiger partial charge >= 0.3 is 6.09 Å². The van der Waals surface area contributed by atoms with Crippen molar-refractivity contribution in [2.24, 2.45) is 34.5 Å². The molecular weight excluding hydrogens is 422 g/mol. The van der Waals surface area contributed by atoms with Crippen molar-refractivity contribution in [3.05, 3.63) is 36.0 Å². The van der Waals surface area contributed by atoms with E-state index < -0.39 is 0 Å². The maximum Gasteiger partial charge on any atom is 0.416 e. The third-order valence-corrected chi connectivity index (χ3v) is 11.3. The first kappa shape index (κ1) is 22.6. The van der Waals surface area contributed by atoms with Crippen molar-refractivity contribution in [1.29, 1.82) is 0 Å². The van der Waals surface area contributed by atoms with E-state index in [1.165, 1.54) is 45.1 Å². The zero-order valence-corrected chi connectivity index (χ0v) is 21.4. The summed E-state index contributed by atoms with van der Waals surface area (Å²) in [7, 11) is 4.25. The third kappa shape index (κ3) is 3.22. The summed E-state index contributed by atoms with van der Waals surface area (Å²) in [5.41, 5.74) is 2.51. The lowest BCUT2D eigenvalue weighted by atomic mass is 9.47. The molecule has 1 saturated heterocycles. The summed E-state index contributed by atoms with van der Waals surface area (Å²) in [5.74, 6) is 3.87. The average molecular weight is 464 g/mol. The number of aromatic nitrogens is 1. The first-order valence-corrected chi connectivity index (χ1v) is 13.6. The van der Waals surface area contributed by atoms with Gasteiger partial charge in [-0.2, -0.15) is 0 Å². The average Bonchev–Trinajstić information content (AvgIpc) is 3.32. The van der Waals surface area contributed by atoms with Gasteiger partial charge in [0.25, 0.3) is 0 Å². The van der Waals surface area contributed by atoms with Crippen LogP contribution in [0.3, 0.4) is 0 Å². The molecule has 2 heterocycles. The van der Waals surface area contributed by atoms with Crippen LogP contribution in [0, 0.1) is 34.5 Å². The second-order valence-corrected chi connectivity index (χ2v) is 12.4. The SMILES string of the molecule is C[C@H]1[C@H]2CC[C@H]3[C@@H]4CC=C5C[C@@H](N(C)C(=O)Oc6ccccn6)CC[C@]5(C)[C@H]4CCC23CN1C. The van der Waals surface area contributed by atoms with Crippen LogP contribution >= 0.6 is 0 Å². The minimum absolute atomic E-state index is 0.210. The zero-order valence-electron chi connectivity index (χ0n) is 21.4. The number of ether oxygens (including phenoxy) is 1. The normalized spacial score (nSPS) is 43.2. The fourth-order valence-electron chi connectivity index (χ4n) is 9.49. The molecule has 1 aromatic rings. The fourth-order valence-corrected chi connectivity index (χ4v) is 9.49. The summed E-state index contributed by atoms with van der Waals surface area (Å²) >= 11 is 0. The lowest BCUT2D eigenvalue weighted by molar-refractivity contribution is -0.0430. The van der Waals surface area contributed by atoms with Crippen LogP contribution in [-0.2, 0) is 0 Å². The predicted molar refractivity (Wildman–Crippen MR) is 133 cm³/mol. The molecule has 8 atom stereocenters. The Labute approximate surface area is 204 Å². The lowest BCUT2D eigenvalue weighted by Crippen LogP contribution is -2.53. The van der Waals surface area contributed by atoms with Gasteiger partial charge in [-0.25, -0.2) is 9.78 Å². The summed E-state index contributed by atoms with van der Waals surface area (Å²) in [6.07, 6.45) is 14.2. The van der Waals surface area contributed by atoms with Gasteiger partial charge in [0.15, 0.2) is 0 Å². The van der Waals surface area contributed by atoms with E-state index in [-0.39, 0.29) is 12.1 Å². The minimum atomic E-state index is -0.294. The molecule has 1 aromatic heterocycles. The van der Waals surface area contributed by atoms with E-state index in [4.69, 9.17) is 4.74 Å². The van der Waals surface area contributed by atoms with Gasteiger partial charge in [0.2, 0.25) is 5.88 Å². The highest BCUT2D eigenvalue weighted by molar-refractivity contribution is 5.70. The molecule has 1 unspecified atom stereocenters. The molecule has 1 spiro atoms. The molecule has 5 nitrogen and oxygen atoms in total. The Morgan fingerprint density at radius 1 is 1.15 bits per heavy atom. The van der Waals surface area contributed by atoms with Gasteiger partial charge in [0, 0.05) is 37.9 Å². The second kappa shape index (κ2) is 8.08. The molecule has 184 valence electrons. The number of rotatable bonds is 2. The molecule has 4 fully saturated rings. The van der Waals surface area contributed by atoms with E-state index in [1.54, 1.807) is 17.8 Å². The Morgan fingerprint density at radius 2 is 1.97 bits per heavy atom. The zero-order chi connectivity index (χ0) is 23.7. The Bertz CT molecular complexity index is 979. The molecule has 0 radical (unpaired) electrons. The van der Waals surface area contributed by atoms with Crippen molar-refractivity contribution in [2.75, 3.05) is 20.6 Å². The molecule has 1 amide bonds. The molecule has 5 aliphatic rings. The number of carbonyl (C=O) groups excluding carboxylic acids is 1. The summed E-state index contributed by atoms with van der Waals surface area (Å²) < 4.78 is 5.53. The van der Waals surface area contributed by atoms with Gasteiger partial charge in [-0.15, -0.1) is 0 Å².